The monoisotopic (exact) mass is 318 g/mol. The van der Waals surface area contributed by atoms with Gasteiger partial charge in [0.25, 0.3) is 0 Å². The SMILES string of the molecule is CCc1n[nH]c(=S)n1/N=C\c1ccc(OCCC(C)C)cc1. The summed E-state index contributed by atoms with van der Waals surface area (Å²) in [6.45, 7) is 7.14. The van der Waals surface area contributed by atoms with E-state index in [4.69, 9.17) is 17.0 Å². The quantitative estimate of drug-likeness (QED) is 0.624. The van der Waals surface area contributed by atoms with Gasteiger partial charge in [0, 0.05) is 6.42 Å². The van der Waals surface area contributed by atoms with Crippen LogP contribution in [0.3, 0.4) is 0 Å². The number of benzene rings is 1. The van der Waals surface area contributed by atoms with E-state index in [9.17, 15) is 0 Å². The minimum absolute atomic E-state index is 0.502. The van der Waals surface area contributed by atoms with E-state index in [0.717, 1.165) is 36.6 Å². The standard InChI is InChI=1S/C16H22N4OS/c1-4-15-18-19-16(22)20(15)17-11-13-5-7-14(8-6-13)21-10-9-12(2)3/h5-8,11-12H,4,9-10H2,1-3H3,(H,19,22)/b17-11-. The summed E-state index contributed by atoms with van der Waals surface area (Å²) in [4.78, 5) is 0. The van der Waals surface area contributed by atoms with Crippen LogP contribution in [-0.4, -0.2) is 27.7 Å². The number of ether oxygens (including phenoxy) is 1. The summed E-state index contributed by atoms with van der Waals surface area (Å²) in [6.07, 6.45) is 3.59. The second kappa shape index (κ2) is 7.89. The minimum atomic E-state index is 0.502. The molecule has 1 aromatic carbocycles. The molecule has 0 spiro atoms. The largest absolute Gasteiger partial charge is 0.494 e. The molecule has 0 radical (unpaired) electrons. The zero-order valence-electron chi connectivity index (χ0n) is 13.2. The lowest BCUT2D eigenvalue weighted by Crippen LogP contribution is -2.01. The van der Waals surface area contributed by atoms with Crippen molar-refractivity contribution in [1.82, 2.24) is 14.9 Å². The highest BCUT2D eigenvalue weighted by atomic mass is 32.1. The summed E-state index contributed by atoms with van der Waals surface area (Å²) >= 11 is 5.16. The molecule has 22 heavy (non-hydrogen) atoms. The lowest BCUT2D eigenvalue weighted by Gasteiger charge is -2.07. The molecule has 0 fully saturated rings. The molecular weight excluding hydrogens is 296 g/mol. The first-order valence-electron chi connectivity index (χ1n) is 7.53. The number of nitrogens with one attached hydrogen (secondary N) is 1. The van der Waals surface area contributed by atoms with E-state index in [1.54, 1.807) is 10.9 Å². The summed E-state index contributed by atoms with van der Waals surface area (Å²) in [5, 5.41) is 11.2. The van der Waals surface area contributed by atoms with Crippen LogP contribution in [-0.2, 0) is 6.42 Å². The maximum Gasteiger partial charge on any atom is 0.216 e. The van der Waals surface area contributed by atoms with Gasteiger partial charge in [-0.2, -0.15) is 14.9 Å². The van der Waals surface area contributed by atoms with Gasteiger partial charge < -0.3 is 4.74 Å². The molecule has 1 heterocycles. The highest BCUT2D eigenvalue weighted by molar-refractivity contribution is 7.71. The van der Waals surface area contributed by atoms with Gasteiger partial charge in [-0.3, -0.25) is 5.10 Å². The Bertz CT molecular complexity index is 670. The number of aromatic amines is 1. The van der Waals surface area contributed by atoms with Gasteiger partial charge in [-0.05, 0) is 54.4 Å². The van der Waals surface area contributed by atoms with Gasteiger partial charge in [0.1, 0.15) is 5.75 Å². The normalized spacial score (nSPS) is 11.5. The highest BCUT2D eigenvalue weighted by Crippen LogP contribution is 2.12. The Morgan fingerprint density at radius 2 is 2.09 bits per heavy atom. The molecule has 1 N–H and O–H groups in total. The van der Waals surface area contributed by atoms with Crippen LogP contribution in [0.1, 0.15) is 38.6 Å². The van der Waals surface area contributed by atoms with Crippen LogP contribution < -0.4 is 4.74 Å². The van der Waals surface area contributed by atoms with Crippen molar-refractivity contribution in [3.63, 3.8) is 0 Å². The number of aryl methyl sites for hydroxylation is 1. The second-order valence-electron chi connectivity index (χ2n) is 5.45. The second-order valence-corrected chi connectivity index (χ2v) is 5.84. The Balaban J connectivity index is 2.00. The van der Waals surface area contributed by atoms with Crippen molar-refractivity contribution >= 4 is 18.4 Å². The molecule has 0 atom stereocenters. The third-order valence-corrected chi connectivity index (χ3v) is 3.46. The molecule has 2 rings (SSSR count). The van der Waals surface area contributed by atoms with Crippen LogP contribution in [0.2, 0.25) is 0 Å². The van der Waals surface area contributed by atoms with Gasteiger partial charge in [0.05, 0.1) is 12.8 Å². The third-order valence-electron chi connectivity index (χ3n) is 3.20. The van der Waals surface area contributed by atoms with Crippen LogP contribution in [0.15, 0.2) is 29.4 Å². The van der Waals surface area contributed by atoms with Gasteiger partial charge in [-0.1, -0.05) is 20.8 Å². The van der Waals surface area contributed by atoms with Crippen molar-refractivity contribution in [3.05, 3.63) is 40.4 Å². The fourth-order valence-corrected chi connectivity index (χ4v) is 2.06. The molecule has 6 heteroatoms. The zero-order valence-corrected chi connectivity index (χ0v) is 14.1. The lowest BCUT2D eigenvalue weighted by molar-refractivity contribution is 0.289. The van der Waals surface area contributed by atoms with Crippen LogP contribution in [0, 0.1) is 10.7 Å². The van der Waals surface area contributed by atoms with Gasteiger partial charge in [-0.15, -0.1) is 0 Å². The first-order chi connectivity index (χ1) is 10.6. The minimum Gasteiger partial charge on any atom is -0.494 e. The zero-order chi connectivity index (χ0) is 15.9. The molecule has 2 aromatic rings. The van der Waals surface area contributed by atoms with E-state index in [2.05, 4.69) is 29.1 Å². The summed E-state index contributed by atoms with van der Waals surface area (Å²) < 4.78 is 7.84. The van der Waals surface area contributed by atoms with Gasteiger partial charge in [0.2, 0.25) is 4.77 Å². The number of nitrogens with zero attached hydrogens (tertiary/aromatic N) is 3. The molecule has 0 bridgehead atoms. The van der Waals surface area contributed by atoms with E-state index in [1.165, 1.54) is 0 Å². The molecule has 5 nitrogen and oxygen atoms in total. The average Bonchev–Trinajstić information content (AvgIpc) is 2.86. The number of hydrogen-bond donors (Lipinski definition) is 1. The van der Waals surface area contributed by atoms with Crippen LogP contribution in [0.4, 0.5) is 0 Å². The summed E-state index contributed by atoms with van der Waals surface area (Å²) in [5.74, 6) is 2.35. The number of H-pyrrole nitrogens is 1. The topological polar surface area (TPSA) is 55.2 Å². The first-order valence-corrected chi connectivity index (χ1v) is 7.94. The Morgan fingerprint density at radius 1 is 1.36 bits per heavy atom. The summed E-state index contributed by atoms with van der Waals surface area (Å²) in [7, 11) is 0. The lowest BCUT2D eigenvalue weighted by atomic mass is 10.1. The smallest absolute Gasteiger partial charge is 0.216 e. The molecule has 0 aliphatic heterocycles. The maximum absolute atomic E-state index is 5.70. The highest BCUT2D eigenvalue weighted by Gasteiger charge is 2.01. The van der Waals surface area contributed by atoms with E-state index < -0.39 is 0 Å². The van der Waals surface area contributed by atoms with Gasteiger partial charge >= 0.3 is 0 Å². The summed E-state index contributed by atoms with van der Waals surface area (Å²) in [5.41, 5.74) is 0.987. The van der Waals surface area contributed by atoms with Crippen molar-refractivity contribution < 1.29 is 4.74 Å². The van der Waals surface area contributed by atoms with Crippen molar-refractivity contribution in [2.24, 2.45) is 11.0 Å². The van der Waals surface area contributed by atoms with E-state index in [0.29, 0.717) is 10.7 Å². The fourth-order valence-electron chi connectivity index (χ4n) is 1.86. The fraction of sp³-hybridized carbons (Fsp3) is 0.438. The van der Waals surface area contributed by atoms with E-state index in [1.807, 2.05) is 31.2 Å². The van der Waals surface area contributed by atoms with Crippen LogP contribution in [0.25, 0.3) is 0 Å². The van der Waals surface area contributed by atoms with Crippen LogP contribution in [0.5, 0.6) is 5.75 Å². The molecule has 1 aromatic heterocycles. The average molecular weight is 318 g/mol. The van der Waals surface area contributed by atoms with Crippen molar-refractivity contribution in [1.29, 1.82) is 0 Å². The van der Waals surface area contributed by atoms with Gasteiger partial charge in [-0.25, -0.2) is 0 Å². The van der Waals surface area contributed by atoms with Crippen molar-refractivity contribution in [2.75, 3.05) is 6.61 Å². The predicted molar refractivity (Wildman–Crippen MR) is 91.2 cm³/mol. The molecule has 0 saturated carbocycles. The van der Waals surface area contributed by atoms with Crippen molar-refractivity contribution in [2.45, 2.75) is 33.6 Å². The first kappa shape index (κ1) is 16.4. The number of hydrogen-bond acceptors (Lipinski definition) is 4. The Hall–Kier alpha value is -1.95. The number of rotatable bonds is 7. The molecule has 118 valence electrons. The summed E-state index contributed by atoms with van der Waals surface area (Å²) in [6, 6.07) is 7.86. The molecule has 0 aliphatic rings. The molecule has 0 unspecified atom stereocenters. The van der Waals surface area contributed by atoms with Crippen molar-refractivity contribution in [3.8, 4) is 5.75 Å². The Kier molecular flexibility index (Phi) is 5.89. The Labute approximate surface area is 136 Å². The number of aromatic nitrogens is 3. The third kappa shape index (κ3) is 4.53. The molecule has 0 saturated heterocycles. The molecule has 0 aliphatic carbocycles. The van der Waals surface area contributed by atoms with Crippen LogP contribution >= 0.6 is 12.2 Å². The van der Waals surface area contributed by atoms with E-state index in [-0.39, 0.29) is 0 Å². The Morgan fingerprint density at radius 3 is 2.73 bits per heavy atom. The predicted octanol–water partition coefficient (Wildman–Crippen LogP) is 3.81. The molecular formula is C16H22N4OS. The van der Waals surface area contributed by atoms with E-state index >= 15 is 0 Å². The molecule has 0 amide bonds. The maximum atomic E-state index is 5.70. The van der Waals surface area contributed by atoms with Gasteiger partial charge in [0.15, 0.2) is 5.82 Å².